The second kappa shape index (κ2) is 11.3. The van der Waals surface area contributed by atoms with Gasteiger partial charge in [-0.15, -0.1) is 11.8 Å². The average molecular weight is 651 g/mol. The highest BCUT2D eigenvalue weighted by Crippen LogP contribution is 2.62. The molecule has 0 radical (unpaired) electrons. The van der Waals surface area contributed by atoms with Gasteiger partial charge < -0.3 is 39.4 Å². The average Bonchev–Trinajstić information content (AvgIpc) is 3.50. The van der Waals surface area contributed by atoms with Crippen molar-refractivity contribution in [3.05, 3.63) is 39.4 Å². The van der Waals surface area contributed by atoms with Gasteiger partial charge in [0.2, 0.25) is 12.7 Å². The lowest BCUT2D eigenvalue weighted by Crippen LogP contribution is -2.69. The molecule has 3 N–H and O–H groups in total. The Morgan fingerprint density at radius 1 is 1.15 bits per heavy atom. The van der Waals surface area contributed by atoms with Crippen LogP contribution in [0.25, 0.3) is 0 Å². The van der Waals surface area contributed by atoms with Crippen molar-refractivity contribution in [2.75, 3.05) is 26.3 Å². The van der Waals surface area contributed by atoms with Crippen LogP contribution in [-0.2, 0) is 25.5 Å². The zero-order valence-corrected chi connectivity index (χ0v) is 26.8. The van der Waals surface area contributed by atoms with Crippen molar-refractivity contribution < 1.29 is 43.2 Å². The van der Waals surface area contributed by atoms with Crippen LogP contribution in [0.1, 0.15) is 64.6 Å². The maximum absolute atomic E-state index is 13.4. The van der Waals surface area contributed by atoms with E-state index in [1.807, 2.05) is 13.0 Å². The molecule has 1 amide bonds. The zero-order valence-electron chi connectivity index (χ0n) is 26.0. The molecule has 2 saturated heterocycles. The monoisotopic (exact) mass is 650 g/mol. The van der Waals surface area contributed by atoms with Crippen LogP contribution in [0.5, 0.6) is 28.7 Å². The summed E-state index contributed by atoms with van der Waals surface area (Å²) < 4.78 is 29.4. The first-order chi connectivity index (χ1) is 22.0. The van der Waals surface area contributed by atoms with Crippen molar-refractivity contribution in [3.63, 3.8) is 0 Å². The minimum Gasteiger partial charge on any atom is -0.504 e. The molecular weight excluding hydrogens is 616 g/mol. The third-order valence-corrected chi connectivity index (χ3v) is 10.9. The number of carbonyl (C=O) groups is 3. The first-order valence-corrected chi connectivity index (χ1v) is 16.1. The first kappa shape index (κ1) is 30.5. The Bertz CT molecular complexity index is 1720. The molecule has 0 spiro atoms. The van der Waals surface area contributed by atoms with Gasteiger partial charge in [-0.2, -0.15) is 5.26 Å². The summed E-state index contributed by atoms with van der Waals surface area (Å²) in [4.78, 5) is 40.1. The van der Waals surface area contributed by atoms with Gasteiger partial charge in [0, 0.05) is 53.9 Å². The highest BCUT2D eigenvalue weighted by Gasteiger charge is 2.59. The summed E-state index contributed by atoms with van der Waals surface area (Å²) in [6.45, 7) is 6.09. The fraction of sp³-hybridized carbons (Fsp3) is 0.500. The van der Waals surface area contributed by atoms with E-state index < -0.39 is 47.4 Å². The van der Waals surface area contributed by atoms with Crippen molar-refractivity contribution in [2.24, 2.45) is 0 Å². The number of aromatic hydroxyl groups is 1. The summed E-state index contributed by atoms with van der Waals surface area (Å²) >= 11 is 1.38. The molecule has 7 rings (SSSR count). The van der Waals surface area contributed by atoms with Crippen molar-refractivity contribution in [3.8, 4) is 34.8 Å². The molecule has 5 aliphatic rings. The number of nitrogens with one attached hydrogen (secondary N) is 2. The van der Waals surface area contributed by atoms with E-state index in [0.29, 0.717) is 51.7 Å². The van der Waals surface area contributed by atoms with Crippen LogP contribution in [0.3, 0.4) is 0 Å². The van der Waals surface area contributed by atoms with Crippen LogP contribution >= 0.6 is 11.8 Å². The number of hydrogen-bond acceptors (Lipinski definition) is 13. The third-order valence-electron chi connectivity index (χ3n) is 9.53. The molecule has 2 unspecified atom stereocenters. The Balaban J connectivity index is 1.52. The van der Waals surface area contributed by atoms with Crippen LogP contribution < -0.4 is 29.6 Å². The topological polar surface area (TPSA) is 169 Å². The summed E-state index contributed by atoms with van der Waals surface area (Å²) in [5, 5.41) is 28.3. The summed E-state index contributed by atoms with van der Waals surface area (Å²) in [7, 11) is 1.51. The predicted octanol–water partition coefficient (Wildman–Crippen LogP) is 2.39. The number of benzene rings is 2. The lowest BCUT2D eigenvalue weighted by Gasteiger charge is -2.59. The molecule has 2 fully saturated rings. The Morgan fingerprint density at radius 3 is 2.61 bits per heavy atom. The number of hydrogen-bond donors (Lipinski definition) is 3. The lowest BCUT2D eigenvalue weighted by atomic mass is 9.72. The smallest absolute Gasteiger partial charge is 0.329 e. The fourth-order valence-corrected chi connectivity index (χ4v) is 9.43. The number of amides is 1. The van der Waals surface area contributed by atoms with Gasteiger partial charge >= 0.3 is 11.9 Å². The molecule has 0 aromatic heterocycles. The van der Waals surface area contributed by atoms with E-state index in [4.69, 9.17) is 23.7 Å². The Morgan fingerprint density at radius 2 is 1.91 bits per heavy atom. The molecule has 4 bridgehead atoms. The number of nitriles is 1. The summed E-state index contributed by atoms with van der Waals surface area (Å²) in [6, 6.07) is 0.815. The molecule has 13 nitrogen and oxygen atoms in total. The second-order valence-electron chi connectivity index (χ2n) is 12.2. The molecule has 0 saturated carbocycles. The molecule has 14 heteroatoms. The molecule has 0 aliphatic carbocycles. The molecule has 46 heavy (non-hydrogen) atoms. The van der Waals surface area contributed by atoms with Gasteiger partial charge in [0.25, 0.3) is 0 Å². The van der Waals surface area contributed by atoms with Crippen molar-refractivity contribution >= 4 is 29.6 Å². The normalized spacial score (nSPS) is 29.0. The Hall–Kier alpha value is -4.19. The van der Waals surface area contributed by atoms with Gasteiger partial charge in [0.1, 0.15) is 24.4 Å². The number of ether oxygens (including phenoxy) is 5. The van der Waals surface area contributed by atoms with Crippen LogP contribution in [0.15, 0.2) is 6.07 Å². The van der Waals surface area contributed by atoms with E-state index in [1.54, 1.807) is 6.92 Å². The minimum atomic E-state index is -0.947. The van der Waals surface area contributed by atoms with E-state index in [-0.39, 0.29) is 36.9 Å². The molecule has 242 valence electrons. The van der Waals surface area contributed by atoms with Crippen molar-refractivity contribution in [1.29, 1.82) is 5.26 Å². The number of fused-ring (bicyclic) bond motifs is 9. The number of carbonyl (C=O) groups excluding carboxylic acids is 3. The van der Waals surface area contributed by atoms with Gasteiger partial charge in [-0.05, 0) is 31.4 Å². The van der Waals surface area contributed by atoms with E-state index in [2.05, 4.69) is 21.6 Å². The summed E-state index contributed by atoms with van der Waals surface area (Å²) in [5.41, 5.74) is 4.22. The van der Waals surface area contributed by atoms with Gasteiger partial charge in [0.05, 0.1) is 30.5 Å². The molecular formula is C32H34N4O9S. The molecule has 7 atom stereocenters. The number of phenolic OH excluding ortho intramolecular Hbond substituents is 1. The zero-order chi connectivity index (χ0) is 32.6. The summed E-state index contributed by atoms with van der Waals surface area (Å²) in [5.74, 6) is 0.189. The Labute approximate surface area is 269 Å². The first-order valence-electron chi connectivity index (χ1n) is 15.1. The third kappa shape index (κ3) is 4.47. The van der Waals surface area contributed by atoms with E-state index in [9.17, 15) is 24.8 Å². The highest BCUT2D eigenvalue weighted by atomic mass is 32.2. The highest BCUT2D eigenvalue weighted by molar-refractivity contribution is 7.99. The SMILES string of the molecule is COc1c(C)cc2c(c1O)[C@H]1N[C@@H](C2)[C@H](C#N)N2C1[C@@H]1SCC(NC(C)=O)C(=O)OC[C@H]2c2c3c(c(C)c(OC(C)=O)c21)OCO3. The Kier molecular flexibility index (Phi) is 7.45. The number of esters is 2. The number of piperazine rings is 1. The van der Waals surface area contributed by atoms with Crippen LogP contribution in [0.2, 0.25) is 0 Å². The lowest BCUT2D eigenvalue weighted by molar-refractivity contribution is -0.150. The van der Waals surface area contributed by atoms with Gasteiger partial charge in [0.15, 0.2) is 23.0 Å². The van der Waals surface area contributed by atoms with E-state index in [1.165, 1.54) is 32.7 Å². The number of cyclic esters (lactones) is 1. The van der Waals surface area contributed by atoms with Crippen LogP contribution in [0, 0.1) is 25.2 Å². The van der Waals surface area contributed by atoms with Crippen molar-refractivity contribution in [2.45, 2.75) is 75.6 Å². The summed E-state index contributed by atoms with van der Waals surface area (Å²) in [6.07, 6.45) is 0.470. The van der Waals surface area contributed by atoms with E-state index >= 15 is 0 Å². The van der Waals surface area contributed by atoms with Crippen molar-refractivity contribution in [1.82, 2.24) is 15.5 Å². The molecule has 2 aromatic carbocycles. The maximum Gasteiger partial charge on any atom is 0.329 e. The predicted molar refractivity (Wildman–Crippen MR) is 163 cm³/mol. The molecule has 5 heterocycles. The van der Waals surface area contributed by atoms with Gasteiger partial charge in [-0.1, -0.05) is 6.07 Å². The number of nitrogens with zero attached hydrogens (tertiary/aromatic N) is 2. The minimum absolute atomic E-state index is 0.0200. The quantitative estimate of drug-likeness (QED) is 0.327. The number of rotatable bonds is 3. The number of methoxy groups -OCH3 is 1. The standard InChI is InChI=1S/C32H34N4O9S/c1-12-6-16-7-17-19(8-33)36-20-9-42-32(40)18(34-14(3)37)10-46-31(25(36)24(35-17)21(16)26(39)27(12)41-5)23-22(20)30-29(43-11-44-30)13(2)28(23)45-15(4)38/h6,17-20,24-25,31,35,39H,7,9-11H2,1-5H3,(H,34,37)/t17-,18?,19-,20-,24+,25?,31+/m0/s1. The van der Waals surface area contributed by atoms with Gasteiger partial charge in [-0.3, -0.25) is 14.5 Å². The van der Waals surface area contributed by atoms with Crippen LogP contribution in [0.4, 0.5) is 0 Å². The fourth-order valence-electron chi connectivity index (χ4n) is 7.92. The molecule has 5 aliphatic heterocycles. The van der Waals surface area contributed by atoms with Gasteiger partial charge in [-0.25, -0.2) is 4.79 Å². The number of thioether (sulfide) groups is 1. The number of aryl methyl sites for hydroxylation is 1. The largest absolute Gasteiger partial charge is 0.504 e. The maximum atomic E-state index is 13.4. The molecule has 2 aromatic rings. The van der Waals surface area contributed by atoms with Crippen LogP contribution in [-0.4, -0.2) is 78.3 Å². The number of phenols is 1. The van der Waals surface area contributed by atoms with E-state index in [0.717, 1.165) is 11.1 Å². The second-order valence-corrected chi connectivity index (χ2v) is 13.4.